The Bertz CT molecular complexity index is 360. The summed E-state index contributed by atoms with van der Waals surface area (Å²) in [7, 11) is 0. The molecule has 0 fully saturated rings. The molecular weight excluding hydrogens is 244 g/mol. The molecule has 17 heavy (non-hydrogen) atoms. The van der Waals surface area contributed by atoms with Crippen molar-refractivity contribution in [2.24, 2.45) is 0 Å². The standard InChI is InChI=1S/C11H16N2O3.ClH/c1-8(2)12-7-11(14)9-3-5-10(6-4-9)13(15)16;/h3-6,8,11-12,14H,7H2,1-2H3;1H. The van der Waals surface area contributed by atoms with E-state index in [4.69, 9.17) is 0 Å². The van der Waals surface area contributed by atoms with Crippen molar-refractivity contribution in [3.63, 3.8) is 0 Å². The Labute approximate surface area is 108 Å². The second kappa shape index (κ2) is 7.21. The molecule has 0 amide bonds. The van der Waals surface area contributed by atoms with Crippen molar-refractivity contribution < 1.29 is 23.9 Å². The maximum absolute atomic E-state index is 10.4. The Balaban J connectivity index is 0. The van der Waals surface area contributed by atoms with E-state index in [0.29, 0.717) is 18.2 Å². The van der Waals surface area contributed by atoms with Crippen LogP contribution in [0.3, 0.4) is 0 Å². The monoisotopic (exact) mass is 260 g/mol. The third kappa shape index (κ3) is 5.12. The highest BCUT2D eigenvalue weighted by Gasteiger charge is 2.10. The summed E-state index contributed by atoms with van der Waals surface area (Å²) < 4.78 is 0. The molecule has 0 aromatic heterocycles. The molecule has 1 rings (SSSR count). The van der Waals surface area contributed by atoms with E-state index in [-0.39, 0.29) is 19.5 Å². The van der Waals surface area contributed by atoms with Crippen LogP contribution in [-0.4, -0.2) is 22.6 Å². The lowest BCUT2D eigenvalue weighted by molar-refractivity contribution is -0.384. The van der Waals surface area contributed by atoms with E-state index in [1.165, 1.54) is 12.1 Å². The quantitative estimate of drug-likeness (QED) is 0.512. The first-order valence-electron chi connectivity index (χ1n) is 5.16. The number of nitro benzene ring substituents is 1. The molecule has 0 saturated carbocycles. The van der Waals surface area contributed by atoms with E-state index in [1.54, 1.807) is 12.1 Å². The lowest BCUT2D eigenvalue weighted by atomic mass is 10.1. The van der Waals surface area contributed by atoms with Gasteiger partial charge in [-0.25, -0.2) is 0 Å². The number of non-ortho nitro benzene ring substituents is 1. The van der Waals surface area contributed by atoms with Crippen LogP contribution in [0.2, 0.25) is 0 Å². The molecule has 2 N–H and O–H groups in total. The van der Waals surface area contributed by atoms with E-state index >= 15 is 0 Å². The summed E-state index contributed by atoms with van der Waals surface area (Å²) in [5.41, 5.74) is 0.714. The summed E-state index contributed by atoms with van der Waals surface area (Å²) in [6.07, 6.45) is -0.636. The van der Waals surface area contributed by atoms with Crippen molar-refractivity contribution in [1.29, 1.82) is 0 Å². The Hall–Kier alpha value is -1.17. The van der Waals surface area contributed by atoms with E-state index < -0.39 is 11.0 Å². The minimum absolute atomic E-state index is 0. The molecule has 1 aromatic carbocycles. The summed E-state index contributed by atoms with van der Waals surface area (Å²) in [6.45, 7) is 4.42. The number of nitrogens with one attached hydrogen (secondary N) is 1. The Morgan fingerprint density at radius 2 is 1.94 bits per heavy atom. The fourth-order valence-electron chi connectivity index (χ4n) is 1.28. The summed E-state index contributed by atoms with van der Waals surface area (Å²) in [4.78, 5) is 9.97. The molecule has 0 bridgehead atoms. The third-order valence-electron chi connectivity index (χ3n) is 2.21. The van der Waals surface area contributed by atoms with Crippen molar-refractivity contribution >= 4 is 5.69 Å². The fraction of sp³-hybridized carbons (Fsp3) is 0.455. The van der Waals surface area contributed by atoms with Crippen LogP contribution in [-0.2, 0) is 0 Å². The minimum atomic E-state index is -0.636. The SMILES string of the molecule is CC(C)NCC(O)c1ccc([N+](=O)[O-])cc1.[Cl-].[H+]. The molecule has 1 atom stereocenters. The van der Waals surface area contributed by atoms with Crippen LogP contribution in [0.25, 0.3) is 0 Å². The van der Waals surface area contributed by atoms with Crippen molar-refractivity contribution in [3.05, 3.63) is 39.9 Å². The number of aliphatic hydroxyl groups is 1. The van der Waals surface area contributed by atoms with Crippen LogP contribution < -0.4 is 17.7 Å². The normalized spacial score (nSPS) is 12.0. The first-order valence-corrected chi connectivity index (χ1v) is 5.16. The van der Waals surface area contributed by atoms with Gasteiger partial charge in [0.25, 0.3) is 5.69 Å². The number of halogens is 1. The smallest absolute Gasteiger partial charge is 1.00 e. The van der Waals surface area contributed by atoms with Gasteiger partial charge in [0.05, 0.1) is 11.0 Å². The summed E-state index contributed by atoms with van der Waals surface area (Å²) in [5.74, 6) is 0. The van der Waals surface area contributed by atoms with Crippen molar-refractivity contribution in [3.8, 4) is 0 Å². The molecule has 6 heteroatoms. The average molecular weight is 261 g/mol. The zero-order valence-electron chi connectivity index (χ0n) is 10.8. The fourth-order valence-corrected chi connectivity index (χ4v) is 1.28. The summed E-state index contributed by atoms with van der Waals surface area (Å²) >= 11 is 0. The molecule has 96 valence electrons. The Kier molecular flexibility index (Phi) is 6.72. The van der Waals surface area contributed by atoms with Crippen molar-refractivity contribution in [2.45, 2.75) is 26.0 Å². The second-order valence-corrected chi connectivity index (χ2v) is 3.93. The van der Waals surface area contributed by atoms with Gasteiger partial charge < -0.3 is 22.8 Å². The van der Waals surface area contributed by atoms with Gasteiger partial charge in [0, 0.05) is 24.7 Å². The number of aliphatic hydroxyl groups excluding tert-OH is 1. The van der Waals surface area contributed by atoms with Crippen LogP contribution in [0, 0.1) is 10.1 Å². The maximum Gasteiger partial charge on any atom is 1.00 e. The topological polar surface area (TPSA) is 75.4 Å². The molecule has 0 saturated heterocycles. The zero-order chi connectivity index (χ0) is 12.1. The van der Waals surface area contributed by atoms with E-state index in [2.05, 4.69) is 5.32 Å². The van der Waals surface area contributed by atoms with Gasteiger partial charge in [-0.3, -0.25) is 10.1 Å². The highest BCUT2D eigenvalue weighted by molar-refractivity contribution is 5.33. The van der Waals surface area contributed by atoms with Crippen LogP contribution in [0.15, 0.2) is 24.3 Å². The van der Waals surface area contributed by atoms with Crippen molar-refractivity contribution in [1.82, 2.24) is 5.32 Å². The van der Waals surface area contributed by atoms with Gasteiger partial charge in [0.1, 0.15) is 0 Å². The highest BCUT2D eigenvalue weighted by Crippen LogP contribution is 2.17. The second-order valence-electron chi connectivity index (χ2n) is 3.93. The van der Waals surface area contributed by atoms with Gasteiger partial charge in [-0.05, 0) is 17.7 Å². The molecular formula is C11H17ClN2O3. The molecule has 0 aliphatic carbocycles. The van der Waals surface area contributed by atoms with E-state index in [9.17, 15) is 15.2 Å². The van der Waals surface area contributed by atoms with Crippen LogP contribution in [0.5, 0.6) is 0 Å². The van der Waals surface area contributed by atoms with E-state index in [1.807, 2.05) is 13.8 Å². The van der Waals surface area contributed by atoms with E-state index in [0.717, 1.165) is 0 Å². The van der Waals surface area contributed by atoms with Gasteiger partial charge in [0.2, 0.25) is 0 Å². The molecule has 0 aliphatic rings. The molecule has 5 nitrogen and oxygen atoms in total. The first kappa shape index (κ1) is 15.8. The zero-order valence-corrected chi connectivity index (χ0v) is 10.5. The molecule has 0 spiro atoms. The lowest BCUT2D eigenvalue weighted by Gasteiger charge is -2.14. The molecule has 1 unspecified atom stereocenters. The summed E-state index contributed by atoms with van der Waals surface area (Å²) in [5, 5.41) is 23.3. The van der Waals surface area contributed by atoms with Crippen molar-refractivity contribution in [2.75, 3.05) is 6.54 Å². The van der Waals surface area contributed by atoms with Crippen LogP contribution in [0.1, 0.15) is 26.9 Å². The van der Waals surface area contributed by atoms with Gasteiger partial charge in [0.15, 0.2) is 0 Å². The molecule has 0 heterocycles. The molecule has 0 radical (unpaired) electrons. The van der Waals surface area contributed by atoms with Gasteiger partial charge in [-0.1, -0.05) is 13.8 Å². The number of benzene rings is 1. The van der Waals surface area contributed by atoms with Crippen LogP contribution >= 0.6 is 0 Å². The average Bonchev–Trinajstić information content (AvgIpc) is 2.26. The number of nitrogens with zero attached hydrogens (tertiary/aromatic N) is 1. The minimum Gasteiger partial charge on any atom is -1.00 e. The predicted octanol–water partition coefficient (Wildman–Crippen LogP) is -1.26. The Morgan fingerprint density at radius 3 is 2.35 bits per heavy atom. The Morgan fingerprint density at radius 1 is 1.41 bits per heavy atom. The van der Waals surface area contributed by atoms with Crippen LogP contribution in [0.4, 0.5) is 5.69 Å². The largest absolute Gasteiger partial charge is 1.00 e. The van der Waals surface area contributed by atoms with Gasteiger partial charge >= 0.3 is 1.43 Å². The lowest BCUT2D eigenvalue weighted by Crippen LogP contribution is -3.00. The first-order chi connectivity index (χ1) is 7.50. The van der Waals surface area contributed by atoms with Gasteiger partial charge in [-0.2, -0.15) is 0 Å². The predicted molar refractivity (Wildman–Crippen MR) is 62.3 cm³/mol. The molecule has 1 aromatic rings. The third-order valence-corrected chi connectivity index (χ3v) is 2.21. The number of hydrogen-bond donors (Lipinski definition) is 2. The number of nitro groups is 1. The highest BCUT2D eigenvalue weighted by atomic mass is 35.5. The number of rotatable bonds is 5. The maximum atomic E-state index is 10.4. The molecule has 0 aliphatic heterocycles. The van der Waals surface area contributed by atoms with Gasteiger partial charge in [-0.15, -0.1) is 0 Å². The number of hydrogen-bond acceptors (Lipinski definition) is 4. The summed E-state index contributed by atoms with van der Waals surface area (Å²) in [6, 6.07) is 6.24.